The zero-order chi connectivity index (χ0) is 20.3. The van der Waals surface area contributed by atoms with E-state index in [9.17, 15) is 0 Å². The summed E-state index contributed by atoms with van der Waals surface area (Å²) in [6, 6.07) is 28.7. The molecule has 0 saturated carbocycles. The minimum atomic E-state index is 0. The van der Waals surface area contributed by atoms with E-state index >= 15 is 0 Å². The summed E-state index contributed by atoms with van der Waals surface area (Å²) in [5.74, 6) is 2.39. The lowest BCUT2D eigenvalue weighted by Gasteiger charge is -2.21. The molecule has 3 aromatic carbocycles. The van der Waals surface area contributed by atoms with Crippen LogP contribution in [0.25, 0.3) is 11.1 Å². The number of hydrogen-bond acceptors (Lipinski definition) is 2. The second kappa shape index (κ2) is 9.69. The average Bonchev–Trinajstić information content (AvgIpc) is 3.02. The van der Waals surface area contributed by atoms with E-state index in [1.165, 1.54) is 54.0 Å². The maximum Gasteiger partial charge on any atom is 0.252 e. The zero-order valence-corrected chi connectivity index (χ0v) is 19.6. The molecular weight excluding hydrogens is 448 g/mol. The number of amidine groups is 1. The summed E-state index contributed by atoms with van der Waals surface area (Å²) in [6.45, 7) is 2.23. The molecule has 0 spiro atoms. The van der Waals surface area contributed by atoms with Gasteiger partial charge in [0.1, 0.15) is 18.0 Å². The predicted molar refractivity (Wildman–Crippen MR) is 124 cm³/mol. The normalized spacial score (nSPS) is 18.2. The van der Waals surface area contributed by atoms with Crippen LogP contribution in [0.2, 0.25) is 0 Å². The van der Waals surface area contributed by atoms with E-state index in [-0.39, 0.29) is 17.0 Å². The van der Waals surface area contributed by atoms with E-state index in [1.807, 2.05) is 0 Å². The molecule has 0 aliphatic carbocycles. The molecule has 0 fully saturated rings. The van der Waals surface area contributed by atoms with Gasteiger partial charge in [0, 0.05) is 12.0 Å². The van der Waals surface area contributed by atoms with E-state index in [2.05, 4.69) is 88.3 Å². The van der Waals surface area contributed by atoms with Gasteiger partial charge >= 0.3 is 0 Å². The smallest absolute Gasteiger partial charge is 0.252 e. The topological polar surface area (TPSA) is 15.5 Å². The Morgan fingerprint density at radius 2 is 1.52 bits per heavy atom. The molecule has 0 amide bonds. The zero-order valence-electron chi connectivity index (χ0n) is 18.0. The molecule has 31 heavy (non-hydrogen) atoms. The van der Waals surface area contributed by atoms with E-state index in [1.54, 1.807) is 7.11 Å². The molecular formula is C27H29BrN2O. The highest BCUT2D eigenvalue weighted by molar-refractivity contribution is 5.96. The number of ether oxygens (including phenoxy) is 1. The molecule has 160 valence electrons. The molecule has 3 nitrogen and oxygen atoms in total. The Bertz CT molecular complexity index is 1030. The molecule has 0 radical (unpaired) electrons. The van der Waals surface area contributed by atoms with Gasteiger partial charge in [-0.1, -0.05) is 54.6 Å². The van der Waals surface area contributed by atoms with Crippen LogP contribution in [0, 0.1) is 0 Å². The van der Waals surface area contributed by atoms with Gasteiger partial charge < -0.3 is 21.7 Å². The minimum absolute atomic E-state index is 0. The van der Waals surface area contributed by atoms with Gasteiger partial charge in [-0.3, -0.25) is 4.58 Å². The van der Waals surface area contributed by atoms with Crippen LogP contribution in [0.5, 0.6) is 5.75 Å². The summed E-state index contributed by atoms with van der Waals surface area (Å²) >= 11 is 0. The summed E-state index contributed by atoms with van der Waals surface area (Å²) < 4.78 is 8.01. The van der Waals surface area contributed by atoms with Crippen LogP contribution in [0.1, 0.15) is 37.3 Å². The lowest BCUT2D eigenvalue weighted by molar-refractivity contribution is -0.522. The summed E-state index contributed by atoms with van der Waals surface area (Å²) in [4.78, 5) is 2.57. The van der Waals surface area contributed by atoms with Crippen molar-refractivity contribution in [1.82, 2.24) is 0 Å². The van der Waals surface area contributed by atoms with Crippen LogP contribution in [0.15, 0.2) is 78.9 Å². The Morgan fingerprint density at radius 3 is 2.23 bits per heavy atom. The Morgan fingerprint density at radius 1 is 0.806 bits per heavy atom. The van der Waals surface area contributed by atoms with Gasteiger partial charge in [0.05, 0.1) is 13.7 Å². The van der Waals surface area contributed by atoms with Gasteiger partial charge in [-0.15, -0.1) is 0 Å². The molecule has 0 N–H and O–H groups in total. The van der Waals surface area contributed by atoms with Crippen molar-refractivity contribution in [2.24, 2.45) is 0 Å². The standard InChI is InChI=1S/C27H29N2O.BrH/c1-30-25-17-15-24(16-18-25)29-26(20-28-19-7-3-6-10-27(28)29)23-13-11-22(12-14-23)21-8-4-2-5-9-21;/h2,4-5,8-9,11-18,26H,3,6-7,10,19-20H2,1H3;1H/q+1;/p-1. The van der Waals surface area contributed by atoms with Crippen LogP contribution < -0.4 is 26.6 Å². The molecule has 3 aromatic rings. The number of methoxy groups -OCH3 is 1. The highest BCUT2D eigenvalue weighted by Crippen LogP contribution is 2.36. The fourth-order valence-corrected chi connectivity index (χ4v) is 4.84. The van der Waals surface area contributed by atoms with Crippen LogP contribution >= 0.6 is 0 Å². The molecule has 2 heterocycles. The minimum Gasteiger partial charge on any atom is -1.00 e. The van der Waals surface area contributed by atoms with Crippen molar-refractivity contribution >= 4 is 11.5 Å². The molecule has 2 aliphatic heterocycles. The van der Waals surface area contributed by atoms with Crippen LogP contribution in [0.3, 0.4) is 0 Å². The Balaban J connectivity index is 0.00000231. The first-order valence-corrected chi connectivity index (χ1v) is 11.0. The molecule has 1 unspecified atom stereocenters. The van der Waals surface area contributed by atoms with Crippen molar-refractivity contribution < 1.29 is 26.3 Å². The van der Waals surface area contributed by atoms with Gasteiger partial charge in [-0.05, 0) is 54.7 Å². The highest BCUT2D eigenvalue weighted by atomic mass is 79.9. The monoisotopic (exact) mass is 476 g/mol. The fraction of sp³-hybridized carbons (Fsp3) is 0.296. The number of hydrogen-bond donors (Lipinski definition) is 0. The summed E-state index contributed by atoms with van der Waals surface area (Å²) in [7, 11) is 1.73. The van der Waals surface area contributed by atoms with Crippen LogP contribution in [-0.2, 0) is 0 Å². The SMILES string of the molecule is COc1ccc(N2C3=[N+](CCCCC3)CC2c2ccc(-c3ccccc3)cc2)cc1.[Br-]. The fourth-order valence-electron chi connectivity index (χ4n) is 4.84. The molecule has 0 aromatic heterocycles. The Labute approximate surface area is 195 Å². The Kier molecular flexibility index (Phi) is 6.77. The molecule has 2 aliphatic rings. The van der Waals surface area contributed by atoms with Gasteiger partial charge in [-0.2, -0.15) is 0 Å². The van der Waals surface area contributed by atoms with Crippen LogP contribution in [-0.4, -0.2) is 30.6 Å². The summed E-state index contributed by atoms with van der Waals surface area (Å²) in [5.41, 5.74) is 5.18. The van der Waals surface area contributed by atoms with Crippen molar-refractivity contribution in [2.45, 2.75) is 31.7 Å². The number of anilines is 1. The van der Waals surface area contributed by atoms with Crippen molar-refractivity contribution in [3.63, 3.8) is 0 Å². The number of halogens is 1. The quantitative estimate of drug-likeness (QED) is 0.538. The van der Waals surface area contributed by atoms with Gasteiger partial charge in [-0.25, -0.2) is 4.90 Å². The lowest BCUT2D eigenvalue weighted by atomic mass is 9.99. The molecule has 0 bridgehead atoms. The van der Waals surface area contributed by atoms with E-state index < -0.39 is 0 Å². The van der Waals surface area contributed by atoms with E-state index in [0.29, 0.717) is 6.04 Å². The third-order valence-electron chi connectivity index (χ3n) is 6.43. The number of rotatable bonds is 4. The number of nitrogens with zero attached hydrogens (tertiary/aromatic N) is 2. The average molecular weight is 477 g/mol. The largest absolute Gasteiger partial charge is 1.00 e. The second-order valence-electron chi connectivity index (χ2n) is 8.24. The predicted octanol–water partition coefficient (Wildman–Crippen LogP) is 2.91. The van der Waals surface area contributed by atoms with Crippen LogP contribution in [0.4, 0.5) is 5.69 Å². The molecule has 5 rings (SSSR count). The van der Waals surface area contributed by atoms with Crippen molar-refractivity contribution in [2.75, 3.05) is 25.1 Å². The molecule has 1 atom stereocenters. The maximum absolute atomic E-state index is 5.39. The van der Waals surface area contributed by atoms with Gasteiger partial charge in [0.2, 0.25) is 0 Å². The first kappa shape index (κ1) is 21.6. The highest BCUT2D eigenvalue weighted by Gasteiger charge is 2.41. The van der Waals surface area contributed by atoms with E-state index in [4.69, 9.17) is 4.74 Å². The van der Waals surface area contributed by atoms with E-state index in [0.717, 1.165) is 18.7 Å². The summed E-state index contributed by atoms with van der Waals surface area (Å²) in [5, 5.41) is 0. The van der Waals surface area contributed by atoms with Crippen molar-refractivity contribution in [3.8, 4) is 16.9 Å². The van der Waals surface area contributed by atoms with Crippen molar-refractivity contribution in [3.05, 3.63) is 84.4 Å². The third kappa shape index (κ3) is 4.40. The molecule has 0 saturated heterocycles. The maximum atomic E-state index is 5.39. The Hall–Kier alpha value is -2.59. The summed E-state index contributed by atoms with van der Waals surface area (Å²) in [6.07, 6.45) is 5.05. The second-order valence-corrected chi connectivity index (χ2v) is 8.24. The van der Waals surface area contributed by atoms with Gasteiger partial charge in [0.25, 0.3) is 5.84 Å². The first-order valence-electron chi connectivity index (χ1n) is 11.0. The third-order valence-corrected chi connectivity index (χ3v) is 6.43. The first-order chi connectivity index (χ1) is 14.8. The van der Waals surface area contributed by atoms with Gasteiger partial charge in [0.15, 0.2) is 6.04 Å². The number of benzene rings is 3. The van der Waals surface area contributed by atoms with Crippen molar-refractivity contribution in [1.29, 1.82) is 0 Å². The lowest BCUT2D eigenvalue weighted by Crippen LogP contribution is -3.00. The molecule has 4 heteroatoms.